The minimum absolute atomic E-state index is 0.119. The molecule has 2 aliphatic heterocycles. The molecule has 1 amide bonds. The van der Waals surface area contributed by atoms with E-state index in [9.17, 15) is 4.79 Å². The number of rotatable bonds is 4. The number of carbonyl (C=O) groups excluding carboxylic acids is 1. The molecule has 1 N–H and O–H groups in total. The minimum atomic E-state index is 0.119. The van der Waals surface area contributed by atoms with Gasteiger partial charge in [0.25, 0.3) is 0 Å². The monoisotopic (exact) mass is 387 g/mol. The van der Waals surface area contributed by atoms with Crippen LogP contribution in [0.5, 0.6) is 11.5 Å². The van der Waals surface area contributed by atoms with Crippen LogP contribution in [0.2, 0.25) is 0 Å². The first-order valence-corrected chi connectivity index (χ1v) is 9.81. The van der Waals surface area contributed by atoms with Gasteiger partial charge in [0.15, 0.2) is 0 Å². The first-order valence-electron chi connectivity index (χ1n) is 9.81. The van der Waals surface area contributed by atoms with Gasteiger partial charge in [-0.05, 0) is 42.3 Å². The molecule has 0 saturated carbocycles. The summed E-state index contributed by atoms with van der Waals surface area (Å²) >= 11 is 0. The normalized spacial score (nSPS) is 16.4. The second-order valence-corrected chi connectivity index (χ2v) is 7.18. The Kier molecular flexibility index (Phi) is 5.38. The van der Waals surface area contributed by atoms with Crippen molar-refractivity contribution in [1.82, 2.24) is 15.3 Å². The summed E-state index contributed by atoms with van der Waals surface area (Å²) in [5.41, 5.74) is 7.84. The van der Waals surface area contributed by atoms with Gasteiger partial charge >= 0.3 is 0 Å². The summed E-state index contributed by atoms with van der Waals surface area (Å²) in [5, 5.41) is 1.93. The fourth-order valence-electron chi connectivity index (χ4n) is 3.59. The van der Waals surface area contributed by atoms with Crippen LogP contribution < -0.4 is 10.2 Å². The van der Waals surface area contributed by atoms with Gasteiger partial charge in [-0.3, -0.25) is 15.2 Å². The highest BCUT2D eigenvalue weighted by Crippen LogP contribution is 2.35. The van der Waals surface area contributed by atoms with Crippen molar-refractivity contribution in [1.29, 1.82) is 0 Å². The van der Waals surface area contributed by atoms with Gasteiger partial charge in [-0.25, -0.2) is 0 Å². The third-order valence-corrected chi connectivity index (χ3v) is 5.15. The topological polar surface area (TPSA) is 44.8 Å². The third-order valence-electron chi connectivity index (χ3n) is 5.15. The Balaban J connectivity index is 1.73. The quantitative estimate of drug-likeness (QED) is 0.848. The number of carbonyl (C=O) groups is 1. The molecule has 0 saturated heterocycles. The molecule has 29 heavy (non-hydrogen) atoms. The van der Waals surface area contributed by atoms with Gasteiger partial charge in [-0.1, -0.05) is 36.4 Å². The van der Waals surface area contributed by atoms with Crippen LogP contribution in [0.3, 0.4) is 0 Å². The van der Waals surface area contributed by atoms with E-state index in [1.165, 1.54) is 5.57 Å². The Labute approximate surface area is 171 Å². The second kappa shape index (κ2) is 8.27. The number of hydrogen-bond donors (Lipinski definition) is 1. The van der Waals surface area contributed by atoms with E-state index in [1.54, 1.807) is 6.92 Å². The SMILES string of the molecule is CC(=O)N1CC=C(C2=C(c3ccccc3Oc3ccccc3)NN(C)C=C2)CC1. The standard InChI is InChI=1S/C24H25N3O2/c1-18(28)27-16-12-19(13-17-27)21-14-15-26(2)25-24(21)22-10-6-7-11-23(22)29-20-8-4-3-5-9-20/h3-12,14-15,25H,13,16-17H2,1-2H3. The molecule has 2 aromatic rings. The summed E-state index contributed by atoms with van der Waals surface area (Å²) < 4.78 is 6.19. The van der Waals surface area contributed by atoms with E-state index in [-0.39, 0.29) is 5.91 Å². The second-order valence-electron chi connectivity index (χ2n) is 7.18. The van der Waals surface area contributed by atoms with Crippen molar-refractivity contribution in [2.45, 2.75) is 13.3 Å². The van der Waals surface area contributed by atoms with Crippen molar-refractivity contribution in [3.8, 4) is 11.5 Å². The van der Waals surface area contributed by atoms with Gasteiger partial charge in [0.2, 0.25) is 5.91 Å². The summed E-state index contributed by atoms with van der Waals surface area (Å²) in [7, 11) is 1.97. The van der Waals surface area contributed by atoms with Gasteiger partial charge in [0.05, 0.1) is 5.70 Å². The Hall–Kier alpha value is -3.47. The molecule has 0 radical (unpaired) electrons. The van der Waals surface area contributed by atoms with Crippen molar-refractivity contribution in [3.05, 3.63) is 89.7 Å². The molecule has 0 aliphatic carbocycles. The maximum absolute atomic E-state index is 11.7. The molecule has 0 atom stereocenters. The van der Waals surface area contributed by atoms with E-state index in [0.717, 1.165) is 41.3 Å². The lowest BCUT2D eigenvalue weighted by Gasteiger charge is -2.31. The minimum Gasteiger partial charge on any atom is -0.457 e. The molecule has 0 fully saturated rings. The molecule has 4 rings (SSSR count). The van der Waals surface area contributed by atoms with Crippen LogP contribution in [0.15, 0.2) is 84.1 Å². The fraction of sp³-hybridized carbons (Fsp3) is 0.208. The van der Waals surface area contributed by atoms with Gasteiger partial charge in [0.1, 0.15) is 11.5 Å². The van der Waals surface area contributed by atoms with Crippen LogP contribution in [-0.2, 0) is 4.79 Å². The van der Waals surface area contributed by atoms with Gasteiger partial charge in [-0.15, -0.1) is 0 Å². The molecule has 5 heteroatoms. The number of hydrazine groups is 1. The highest BCUT2D eigenvalue weighted by atomic mass is 16.5. The smallest absolute Gasteiger partial charge is 0.219 e. The zero-order valence-corrected chi connectivity index (χ0v) is 16.8. The molecule has 2 heterocycles. The molecule has 2 aromatic carbocycles. The van der Waals surface area contributed by atoms with E-state index in [4.69, 9.17) is 4.74 Å². The Morgan fingerprint density at radius 2 is 1.83 bits per heavy atom. The number of allylic oxidation sites excluding steroid dienone is 2. The first kappa shape index (κ1) is 18.9. The number of benzene rings is 2. The lowest BCUT2D eigenvalue weighted by molar-refractivity contribution is -0.128. The average Bonchev–Trinajstić information content (AvgIpc) is 2.75. The van der Waals surface area contributed by atoms with Gasteiger partial charge < -0.3 is 9.64 Å². The predicted octanol–water partition coefficient (Wildman–Crippen LogP) is 4.33. The van der Waals surface area contributed by atoms with E-state index in [0.29, 0.717) is 6.54 Å². The van der Waals surface area contributed by atoms with Gasteiger partial charge in [-0.2, -0.15) is 0 Å². The lowest BCUT2D eigenvalue weighted by Crippen LogP contribution is -2.35. The summed E-state index contributed by atoms with van der Waals surface area (Å²) in [6.45, 7) is 3.01. The van der Waals surface area contributed by atoms with Gasteiger partial charge in [0, 0.05) is 44.4 Å². The molecular weight excluding hydrogens is 362 g/mol. The lowest BCUT2D eigenvalue weighted by atomic mass is 9.93. The third kappa shape index (κ3) is 4.19. The van der Waals surface area contributed by atoms with Crippen LogP contribution in [0.1, 0.15) is 18.9 Å². The Bertz CT molecular complexity index is 992. The average molecular weight is 387 g/mol. The first-order chi connectivity index (χ1) is 14.1. The van der Waals surface area contributed by atoms with Crippen LogP contribution >= 0.6 is 0 Å². The maximum Gasteiger partial charge on any atom is 0.219 e. The summed E-state index contributed by atoms with van der Waals surface area (Å²) in [4.78, 5) is 13.5. The molecule has 0 aromatic heterocycles. The van der Waals surface area contributed by atoms with Crippen molar-refractivity contribution in [3.63, 3.8) is 0 Å². The number of hydrogen-bond acceptors (Lipinski definition) is 4. The Morgan fingerprint density at radius 3 is 2.55 bits per heavy atom. The molecule has 5 nitrogen and oxygen atoms in total. The number of nitrogens with zero attached hydrogens (tertiary/aromatic N) is 2. The van der Waals surface area contributed by atoms with Crippen molar-refractivity contribution in [2.24, 2.45) is 0 Å². The Morgan fingerprint density at radius 1 is 1.07 bits per heavy atom. The van der Waals surface area contributed by atoms with Crippen molar-refractivity contribution < 1.29 is 9.53 Å². The highest BCUT2D eigenvalue weighted by molar-refractivity contribution is 5.79. The fourth-order valence-corrected chi connectivity index (χ4v) is 3.59. The molecule has 2 aliphatic rings. The molecule has 148 valence electrons. The number of para-hydroxylation sites is 2. The molecule has 0 spiro atoms. The summed E-state index contributed by atoms with van der Waals surface area (Å²) in [6, 6.07) is 17.9. The van der Waals surface area contributed by atoms with Crippen LogP contribution in [-0.4, -0.2) is 36.0 Å². The summed E-state index contributed by atoms with van der Waals surface area (Å²) in [5.74, 6) is 1.72. The number of ether oxygens (including phenoxy) is 1. The zero-order valence-electron chi connectivity index (χ0n) is 16.8. The van der Waals surface area contributed by atoms with Crippen LogP contribution in [0.25, 0.3) is 5.70 Å². The van der Waals surface area contributed by atoms with Crippen molar-refractivity contribution >= 4 is 11.6 Å². The van der Waals surface area contributed by atoms with E-state index in [1.807, 2.05) is 71.7 Å². The van der Waals surface area contributed by atoms with Crippen LogP contribution in [0, 0.1) is 0 Å². The maximum atomic E-state index is 11.7. The van der Waals surface area contributed by atoms with E-state index < -0.39 is 0 Å². The van der Waals surface area contributed by atoms with E-state index in [2.05, 4.69) is 23.6 Å². The summed E-state index contributed by atoms with van der Waals surface area (Å²) in [6.07, 6.45) is 7.12. The van der Waals surface area contributed by atoms with Crippen LogP contribution in [0.4, 0.5) is 0 Å². The highest BCUT2D eigenvalue weighted by Gasteiger charge is 2.22. The molecule has 0 unspecified atom stereocenters. The molecular formula is C24H25N3O2. The number of amides is 1. The molecule has 0 bridgehead atoms. The van der Waals surface area contributed by atoms with E-state index >= 15 is 0 Å². The zero-order chi connectivity index (χ0) is 20.2. The largest absolute Gasteiger partial charge is 0.457 e. The predicted molar refractivity (Wildman–Crippen MR) is 115 cm³/mol. The number of nitrogens with one attached hydrogen (secondary N) is 1. The van der Waals surface area contributed by atoms with Crippen molar-refractivity contribution in [2.75, 3.05) is 20.1 Å².